The number of halogens is 1. The summed E-state index contributed by atoms with van der Waals surface area (Å²) in [6.45, 7) is 6.53. The number of hydrogen-bond donors (Lipinski definition) is 1. The monoisotopic (exact) mass is 348 g/mol. The minimum absolute atomic E-state index is 0.0997. The van der Waals surface area contributed by atoms with Crippen molar-refractivity contribution in [1.29, 1.82) is 0 Å². The number of carbonyl (C=O) groups excluding carboxylic acids is 1. The molecule has 2 aliphatic rings. The quantitative estimate of drug-likeness (QED) is 0.849. The zero-order valence-corrected chi connectivity index (χ0v) is 15.1. The van der Waals surface area contributed by atoms with Crippen molar-refractivity contribution in [3.8, 4) is 5.75 Å². The minimum Gasteiger partial charge on any atom is -0.477 e. The number of hydrogen-bond acceptors (Lipinski definition) is 3. The highest BCUT2D eigenvalue weighted by Gasteiger charge is 2.46. The first kappa shape index (κ1) is 17.3. The number of nitrogens with one attached hydrogen (secondary N) is 1. The van der Waals surface area contributed by atoms with Gasteiger partial charge in [-0.2, -0.15) is 0 Å². The molecule has 1 saturated heterocycles. The lowest BCUT2D eigenvalue weighted by atomic mass is 9.89. The molecule has 1 aromatic carbocycles. The third kappa shape index (κ3) is 3.45. The van der Waals surface area contributed by atoms with Crippen LogP contribution in [0.1, 0.15) is 26.7 Å². The van der Waals surface area contributed by atoms with Gasteiger partial charge >= 0.3 is 0 Å². The molecule has 0 aromatic heterocycles. The summed E-state index contributed by atoms with van der Waals surface area (Å²) in [7, 11) is 0. The summed E-state index contributed by atoms with van der Waals surface area (Å²) in [4.78, 5) is 15.4. The molecule has 1 atom stereocenters. The Bertz CT molecular complexity index is 606. The second-order valence-electron chi connectivity index (χ2n) is 6.92. The molecule has 24 heavy (non-hydrogen) atoms. The fraction of sp³-hybridized carbons (Fsp3) is 0.526. The number of nitrogens with zero attached hydrogens (tertiary/aromatic N) is 1. The van der Waals surface area contributed by atoms with Gasteiger partial charge in [-0.05, 0) is 43.3 Å². The molecule has 1 amide bonds. The molecule has 1 N–H and O–H groups in total. The minimum atomic E-state index is -0.793. The van der Waals surface area contributed by atoms with Crippen molar-refractivity contribution in [3.63, 3.8) is 0 Å². The lowest BCUT2D eigenvalue weighted by Gasteiger charge is -2.41. The Balaban J connectivity index is 1.85. The Morgan fingerprint density at radius 3 is 2.58 bits per heavy atom. The van der Waals surface area contributed by atoms with Crippen LogP contribution >= 0.6 is 11.6 Å². The van der Waals surface area contributed by atoms with Crippen LogP contribution < -0.4 is 10.1 Å². The van der Waals surface area contributed by atoms with Gasteiger partial charge in [0.05, 0.1) is 6.04 Å². The third-order valence-corrected chi connectivity index (χ3v) is 5.12. The lowest BCUT2D eigenvalue weighted by molar-refractivity contribution is -0.152. The molecule has 2 heterocycles. The maximum atomic E-state index is 13.4. The van der Waals surface area contributed by atoms with Crippen molar-refractivity contribution in [2.45, 2.75) is 38.3 Å². The second-order valence-corrected chi connectivity index (χ2v) is 7.36. The summed E-state index contributed by atoms with van der Waals surface area (Å²) in [6, 6.07) is 7.41. The number of rotatable bonds is 4. The van der Waals surface area contributed by atoms with E-state index in [1.807, 2.05) is 17.0 Å². The van der Waals surface area contributed by atoms with E-state index in [-0.39, 0.29) is 11.9 Å². The number of piperidine rings is 1. The van der Waals surface area contributed by atoms with Crippen LogP contribution in [0.2, 0.25) is 5.02 Å². The fourth-order valence-electron chi connectivity index (χ4n) is 3.52. The van der Waals surface area contributed by atoms with E-state index in [1.165, 1.54) is 0 Å². The SMILES string of the molecule is CC(C)C1C=CCN1C(=O)C1(Oc2ccc(Cl)cc2)CCNCC1. The van der Waals surface area contributed by atoms with E-state index in [0.717, 1.165) is 13.1 Å². The van der Waals surface area contributed by atoms with Crippen LogP contribution in [0.4, 0.5) is 0 Å². The van der Waals surface area contributed by atoms with Gasteiger partial charge < -0.3 is 15.0 Å². The molecule has 2 aliphatic heterocycles. The van der Waals surface area contributed by atoms with E-state index in [4.69, 9.17) is 16.3 Å². The smallest absolute Gasteiger partial charge is 0.267 e. The van der Waals surface area contributed by atoms with Crippen LogP contribution in [0, 0.1) is 5.92 Å². The van der Waals surface area contributed by atoms with E-state index in [2.05, 4.69) is 31.3 Å². The van der Waals surface area contributed by atoms with E-state index in [0.29, 0.717) is 36.1 Å². The Labute approximate surface area is 148 Å². The van der Waals surface area contributed by atoms with Gasteiger partial charge in [-0.1, -0.05) is 37.6 Å². The van der Waals surface area contributed by atoms with Crippen molar-refractivity contribution in [3.05, 3.63) is 41.4 Å². The molecule has 4 nitrogen and oxygen atoms in total. The van der Waals surface area contributed by atoms with Crippen LogP contribution in [0.15, 0.2) is 36.4 Å². The first-order valence-electron chi connectivity index (χ1n) is 8.65. The standard InChI is InChI=1S/C19H25ClN2O2/c1-14(2)17-4-3-13-22(17)18(23)19(9-11-21-12-10-19)24-16-7-5-15(20)6-8-16/h3-8,14,17,21H,9-13H2,1-2H3. The average Bonchev–Trinajstić information content (AvgIpc) is 3.07. The van der Waals surface area contributed by atoms with Crippen molar-refractivity contribution in [2.75, 3.05) is 19.6 Å². The Morgan fingerprint density at radius 1 is 1.29 bits per heavy atom. The number of carbonyl (C=O) groups is 1. The van der Waals surface area contributed by atoms with Gasteiger partial charge in [0.2, 0.25) is 0 Å². The normalized spacial score (nSPS) is 22.8. The number of ether oxygens (including phenoxy) is 1. The zero-order chi connectivity index (χ0) is 17.2. The molecular formula is C19H25ClN2O2. The Morgan fingerprint density at radius 2 is 1.96 bits per heavy atom. The summed E-state index contributed by atoms with van der Waals surface area (Å²) in [5, 5.41) is 3.99. The molecule has 0 radical (unpaired) electrons. The predicted octanol–water partition coefficient (Wildman–Crippen LogP) is 3.26. The number of benzene rings is 1. The lowest BCUT2D eigenvalue weighted by Crippen LogP contribution is -2.59. The van der Waals surface area contributed by atoms with E-state index >= 15 is 0 Å². The summed E-state index contributed by atoms with van der Waals surface area (Å²) in [5.41, 5.74) is -0.793. The third-order valence-electron chi connectivity index (χ3n) is 4.87. The molecular weight excluding hydrogens is 324 g/mol. The van der Waals surface area contributed by atoms with Crippen molar-refractivity contribution in [2.24, 2.45) is 5.92 Å². The Hall–Kier alpha value is -1.52. The molecule has 0 aliphatic carbocycles. The van der Waals surface area contributed by atoms with Crippen LogP contribution in [0.25, 0.3) is 0 Å². The van der Waals surface area contributed by atoms with E-state index in [9.17, 15) is 4.79 Å². The molecule has 130 valence electrons. The van der Waals surface area contributed by atoms with Crippen LogP contribution in [-0.2, 0) is 4.79 Å². The molecule has 1 fully saturated rings. The molecule has 5 heteroatoms. The predicted molar refractivity (Wildman–Crippen MR) is 96.4 cm³/mol. The summed E-state index contributed by atoms with van der Waals surface area (Å²) >= 11 is 5.96. The summed E-state index contributed by atoms with van der Waals surface area (Å²) < 4.78 is 6.28. The van der Waals surface area contributed by atoms with E-state index < -0.39 is 5.60 Å². The topological polar surface area (TPSA) is 41.6 Å². The molecule has 1 unspecified atom stereocenters. The van der Waals surface area contributed by atoms with Crippen LogP contribution in [0.5, 0.6) is 5.75 Å². The van der Waals surface area contributed by atoms with Gasteiger partial charge in [-0.15, -0.1) is 0 Å². The highest BCUT2D eigenvalue weighted by Crippen LogP contribution is 2.32. The molecule has 1 aromatic rings. The van der Waals surface area contributed by atoms with Crippen molar-refractivity contribution >= 4 is 17.5 Å². The molecule has 3 rings (SSSR count). The van der Waals surface area contributed by atoms with Crippen LogP contribution in [-0.4, -0.2) is 42.1 Å². The van der Waals surface area contributed by atoms with Gasteiger partial charge in [0.15, 0.2) is 5.60 Å². The van der Waals surface area contributed by atoms with Crippen LogP contribution in [0.3, 0.4) is 0 Å². The zero-order valence-electron chi connectivity index (χ0n) is 14.3. The summed E-state index contributed by atoms with van der Waals surface area (Å²) in [6.07, 6.45) is 5.57. The highest BCUT2D eigenvalue weighted by atomic mass is 35.5. The number of amides is 1. The highest BCUT2D eigenvalue weighted by molar-refractivity contribution is 6.30. The van der Waals surface area contributed by atoms with Crippen molar-refractivity contribution < 1.29 is 9.53 Å². The molecule has 0 saturated carbocycles. The van der Waals surface area contributed by atoms with Gasteiger partial charge in [-0.3, -0.25) is 4.79 Å². The maximum absolute atomic E-state index is 13.4. The van der Waals surface area contributed by atoms with E-state index in [1.54, 1.807) is 12.1 Å². The fourth-order valence-corrected chi connectivity index (χ4v) is 3.65. The second kappa shape index (κ2) is 7.16. The summed E-state index contributed by atoms with van der Waals surface area (Å²) in [5.74, 6) is 1.19. The van der Waals surface area contributed by atoms with Gasteiger partial charge in [0.25, 0.3) is 5.91 Å². The maximum Gasteiger partial charge on any atom is 0.267 e. The van der Waals surface area contributed by atoms with Gasteiger partial charge in [0, 0.05) is 24.4 Å². The van der Waals surface area contributed by atoms with Gasteiger partial charge in [0.1, 0.15) is 5.75 Å². The van der Waals surface area contributed by atoms with Gasteiger partial charge in [-0.25, -0.2) is 0 Å². The molecule has 0 bridgehead atoms. The average molecular weight is 349 g/mol. The first-order valence-corrected chi connectivity index (χ1v) is 9.03. The molecule has 0 spiro atoms. The van der Waals surface area contributed by atoms with Crippen molar-refractivity contribution in [1.82, 2.24) is 10.2 Å². The first-order chi connectivity index (χ1) is 11.5. The Kier molecular flexibility index (Phi) is 5.16. The largest absolute Gasteiger partial charge is 0.477 e.